The lowest BCUT2D eigenvalue weighted by atomic mass is 9.88. The van der Waals surface area contributed by atoms with Gasteiger partial charge in [0.1, 0.15) is 0 Å². The predicted octanol–water partition coefficient (Wildman–Crippen LogP) is 5.96. The van der Waals surface area contributed by atoms with E-state index in [0.717, 1.165) is 37.7 Å². The molecule has 1 aliphatic carbocycles. The second kappa shape index (κ2) is 15.5. The summed E-state index contributed by atoms with van der Waals surface area (Å²) in [5.41, 5.74) is 2.89. The maximum absolute atomic E-state index is 13.4. The van der Waals surface area contributed by atoms with Crippen LogP contribution in [0.15, 0.2) is 66.0 Å². The van der Waals surface area contributed by atoms with Crippen LogP contribution < -0.4 is 5.32 Å². The summed E-state index contributed by atoms with van der Waals surface area (Å²) in [7, 11) is 0. The third-order valence-electron chi connectivity index (χ3n) is 7.40. The van der Waals surface area contributed by atoms with Crippen molar-refractivity contribution in [1.82, 2.24) is 14.8 Å². The average Bonchev–Trinajstić information content (AvgIpc) is 3.41. The molecule has 7 nitrogen and oxygen atoms in total. The Morgan fingerprint density at radius 1 is 0.927 bits per heavy atom. The highest BCUT2D eigenvalue weighted by molar-refractivity contribution is 7.13. The molecular formula is C33H42N4O3S. The van der Waals surface area contributed by atoms with Crippen LogP contribution in [0.3, 0.4) is 0 Å². The van der Waals surface area contributed by atoms with Crippen molar-refractivity contribution in [3.63, 3.8) is 0 Å². The van der Waals surface area contributed by atoms with Gasteiger partial charge in [-0.1, -0.05) is 93.8 Å². The highest BCUT2D eigenvalue weighted by Crippen LogP contribution is 2.26. The van der Waals surface area contributed by atoms with E-state index in [1.165, 1.54) is 23.3 Å². The maximum atomic E-state index is 13.4. The van der Waals surface area contributed by atoms with Crippen molar-refractivity contribution in [2.45, 2.75) is 65.3 Å². The Balaban J connectivity index is 1.35. The van der Waals surface area contributed by atoms with Crippen molar-refractivity contribution >= 4 is 34.2 Å². The second-order valence-electron chi connectivity index (χ2n) is 11.4. The smallest absolute Gasteiger partial charge is 0.245 e. The molecule has 1 heterocycles. The Morgan fingerprint density at radius 2 is 1.59 bits per heavy atom. The SMILES string of the molecule is CC(C)CN(CC(=O)Nc1nc(CC(=O)N(CCc2ccccc2)Cc2ccccc2)cs1)C(=O)C1CCCCC1. The summed E-state index contributed by atoms with van der Waals surface area (Å²) in [6, 6.07) is 20.2. The lowest BCUT2D eigenvalue weighted by molar-refractivity contribution is -0.139. The zero-order valence-electron chi connectivity index (χ0n) is 24.3. The molecule has 0 bridgehead atoms. The van der Waals surface area contributed by atoms with Crippen LogP contribution in [0, 0.1) is 11.8 Å². The molecule has 2 aromatic carbocycles. The summed E-state index contributed by atoms with van der Waals surface area (Å²) in [5, 5.41) is 5.14. The molecule has 1 aromatic heterocycles. The number of benzene rings is 2. The van der Waals surface area contributed by atoms with E-state index in [4.69, 9.17) is 0 Å². The fourth-order valence-electron chi connectivity index (χ4n) is 5.33. The van der Waals surface area contributed by atoms with Gasteiger partial charge in [-0.05, 0) is 36.3 Å². The molecule has 1 aliphatic rings. The van der Waals surface area contributed by atoms with Gasteiger partial charge in [0.2, 0.25) is 17.7 Å². The van der Waals surface area contributed by atoms with Crippen LogP contribution in [0.4, 0.5) is 5.13 Å². The largest absolute Gasteiger partial charge is 0.338 e. The van der Waals surface area contributed by atoms with Crippen LogP contribution in [0.25, 0.3) is 0 Å². The quantitative estimate of drug-likeness (QED) is 0.273. The van der Waals surface area contributed by atoms with Crippen molar-refractivity contribution in [2.24, 2.45) is 11.8 Å². The molecule has 0 radical (unpaired) electrons. The van der Waals surface area contributed by atoms with Crippen molar-refractivity contribution in [1.29, 1.82) is 0 Å². The standard InChI is InChI=1S/C33H42N4O3S/c1-25(2)21-37(32(40)28-16-10-5-11-17-28)23-30(38)35-33-34-29(24-41-33)20-31(39)36(22-27-14-8-4-9-15-27)19-18-26-12-6-3-7-13-26/h3-4,6-9,12-15,24-25,28H,5,10-11,16-23H2,1-2H3,(H,34,35,38). The van der Waals surface area contributed by atoms with Gasteiger partial charge < -0.3 is 15.1 Å². The van der Waals surface area contributed by atoms with E-state index in [0.29, 0.717) is 30.5 Å². The zero-order chi connectivity index (χ0) is 29.0. The molecular weight excluding hydrogens is 532 g/mol. The third kappa shape index (κ3) is 9.81. The van der Waals surface area contributed by atoms with Gasteiger partial charge in [-0.2, -0.15) is 0 Å². The molecule has 0 saturated heterocycles. The Kier molecular flexibility index (Phi) is 11.5. The molecule has 1 N–H and O–H groups in total. The highest BCUT2D eigenvalue weighted by atomic mass is 32.1. The van der Waals surface area contributed by atoms with Crippen molar-refractivity contribution in [3.8, 4) is 0 Å². The van der Waals surface area contributed by atoms with E-state index < -0.39 is 0 Å². The molecule has 4 rings (SSSR count). The summed E-state index contributed by atoms with van der Waals surface area (Å²) in [6.07, 6.45) is 6.08. The lowest BCUT2D eigenvalue weighted by Crippen LogP contribution is -2.43. The monoisotopic (exact) mass is 574 g/mol. The highest BCUT2D eigenvalue weighted by Gasteiger charge is 2.28. The molecule has 1 fully saturated rings. The zero-order valence-corrected chi connectivity index (χ0v) is 25.1. The first kappa shape index (κ1) is 30.4. The Morgan fingerprint density at radius 3 is 2.24 bits per heavy atom. The number of anilines is 1. The summed E-state index contributed by atoms with van der Waals surface area (Å²) in [4.78, 5) is 47.6. The maximum Gasteiger partial charge on any atom is 0.245 e. The number of thiazole rings is 1. The van der Waals surface area contributed by atoms with Gasteiger partial charge in [-0.15, -0.1) is 11.3 Å². The molecule has 8 heteroatoms. The summed E-state index contributed by atoms with van der Waals surface area (Å²) < 4.78 is 0. The molecule has 1 saturated carbocycles. The van der Waals surface area contributed by atoms with Crippen molar-refractivity contribution < 1.29 is 14.4 Å². The minimum atomic E-state index is -0.254. The van der Waals surface area contributed by atoms with E-state index >= 15 is 0 Å². The number of aromatic nitrogens is 1. The first-order valence-electron chi connectivity index (χ1n) is 14.8. The number of carbonyl (C=O) groups excluding carboxylic acids is 3. The number of rotatable bonds is 13. The van der Waals surface area contributed by atoms with E-state index in [1.807, 2.05) is 58.8 Å². The number of nitrogens with zero attached hydrogens (tertiary/aromatic N) is 3. The molecule has 218 valence electrons. The van der Waals surface area contributed by atoms with Gasteiger partial charge in [0.15, 0.2) is 5.13 Å². The number of amides is 3. The fourth-order valence-corrected chi connectivity index (χ4v) is 6.06. The fraction of sp³-hybridized carbons (Fsp3) is 0.455. The van der Waals surface area contributed by atoms with Gasteiger partial charge in [-0.3, -0.25) is 14.4 Å². The molecule has 0 unspecified atom stereocenters. The van der Waals surface area contributed by atoms with E-state index in [1.54, 1.807) is 4.90 Å². The number of hydrogen-bond acceptors (Lipinski definition) is 5. The predicted molar refractivity (Wildman–Crippen MR) is 164 cm³/mol. The van der Waals surface area contributed by atoms with Gasteiger partial charge in [0, 0.05) is 30.9 Å². The molecule has 0 aliphatic heterocycles. The molecule has 0 spiro atoms. The van der Waals surface area contributed by atoms with Crippen LogP contribution in [0.5, 0.6) is 0 Å². The summed E-state index contributed by atoms with van der Waals surface area (Å²) in [6.45, 7) is 5.83. The second-order valence-corrected chi connectivity index (χ2v) is 12.2. The Hall–Kier alpha value is -3.52. The third-order valence-corrected chi connectivity index (χ3v) is 8.21. The van der Waals surface area contributed by atoms with Crippen molar-refractivity contribution in [3.05, 3.63) is 82.9 Å². The van der Waals surface area contributed by atoms with Crippen LogP contribution in [-0.4, -0.2) is 52.1 Å². The molecule has 0 atom stereocenters. The number of hydrogen-bond donors (Lipinski definition) is 1. The number of carbonyl (C=O) groups is 3. The topological polar surface area (TPSA) is 82.6 Å². The summed E-state index contributed by atoms with van der Waals surface area (Å²) >= 11 is 1.31. The van der Waals surface area contributed by atoms with E-state index in [9.17, 15) is 14.4 Å². The van der Waals surface area contributed by atoms with Crippen molar-refractivity contribution in [2.75, 3.05) is 25.0 Å². The Labute approximate surface area is 248 Å². The van der Waals surface area contributed by atoms with Gasteiger partial charge in [-0.25, -0.2) is 4.98 Å². The molecule has 41 heavy (non-hydrogen) atoms. The number of nitrogens with one attached hydrogen (secondary N) is 1. The van der Waals surface area contributed by atoms with Gasteiger partial charge >= 0.3 is 0 Å². The Bertz CT molecular complexity index is 1260. The normalized spacial score (nSPS) is 13.6. The molecule has 3 aromatic rings. The van der Waals surface area contributed by atoms with E-state index in [2.05, 4.69) is 36.3 Å². The first-order valence-corrected chi connectivity index (χ1v) is 15.6. The average molecular weight is 575 g/mol. The van der Waals surface area contributed by atoms with Gasteiger partial charge in [0.25, 0.3) is 0 Å². The van der Waals surface area contributed by atoms with Crippen LogP contribution in [0.1, 0.15) is 62.8 Å². The van der Waals surface area contributed by atoms with Crippen LogP contribution >= 0.6 is 11.3 Å². The van der Waals surface area contributed by atoms with Gasteiger partial charge in [0.05, 0.1) is 18.7 Å². The van der Waals surface area contributed by atoms with Crippen LogP contribution in [0.2, 0.25) is 0 Å². The minimum absolute atomic E-state index is 0.00542. The summed E-state index contributed by atoms with van der Waals surface area (Å²) in [5.74, 6) is 0.125. The lowest BCUT2D eigenvalue weighted by Gasteiger charge is -2.30. The first-order chi connectivity index (χ1) is 19.9. The minimum Gasteiger partial charge on any atom is -0.338 e. The molecule has 3 amide bonds. The van der Waals surface area contributed by atoms with Crippen LogP contribution in [-0.2, 0) is 33.8 Å². The van der Waals surface area contributed by atoms with E-state index in [-0.39, 0.29) is 42.5 Å².